The standard InChI is InChI=1S/C21H23F2N3O2/c1-14(20(27)25-17-9-10-18(22)19(23)12-17)26-11-5-6-15(13-26)21(28)24-16-7-3-2-4-8-16/h2-4,7-10,12,14-15H,5-6,11,13H2,1H3,(H,24,28)(H,25,27)/t14-,15-/m0/s1. The van der Waals surface area contributed by atoms with E-state index in [-0.39, 0.29) is 23.4 Å². The highest BCUT2D eigenvalue weighted by Gasteiger charge is 2.31. The summed E-state index contributed by atoms with van der Waals surface area (Å²) in [5, 5.41) is 5.51. The molecule has 0 radical (unpaired) electrons. The van der Waals surface area contributed by atoms with Crippen molar-refractivity contribution in [1.29, 1.82) is 0 Å². The lowest BCUT2D eigenvalue weighted by Gasteiger charge is -2.35. The van der Waals surface area contributed by atoms with Gasteiger partial charge in [-0.2, -0.15) is 0 Å². The number of rotatable bonds is 5. The molecule has 28 heavy (non-hydrogen) atoms. The van der Waals surface area contributed by atoms with Crippen LogP contribution in [0.25, 0.3) is 0 Å². The van der Waals surface area contributed by atoms with Crippen LogP contribution in [0.15, 0.2) is 48.5 Å². The second-order valence-corrected chi connectivity index (χ2v) is 6.98. The zero-order valence-corrected chi connectivity index (χ0v) is 15.6. The number of hydrogen-bond acceptors (Lipinski definition) is 3. The molecule has 1 fully saturated rings. The first-order chi connectivity index (χ1) is 13.4. The maximum Gasteiger partial charge on any atom is 0.241 e. The van der Waals surface area contributed by atoms with Crippen molar-refractivity contribution < 1.29 is 18.4 Å². The quantitative estimate of drug-likeness (QED) is 0.823. The number of carbonyl (C=O) groups excluding carboxylic acids is 2. The van der Waals surface area contributed by atoms with Crippen LogP contribution in [0.3, 0.4) is 0 Å². The first-order valence-electron chi connectivity index (χ1n) is 9.30. The molecule has 0 bridgehead atoms. The molecule has 0 unspecified atom stereocenters. The summed E-state index contributed by atoms with van der Waals surface area (Å²) in [6, 6.07) is 12.0. The van der Waals surface area contributed by atoms with Gasteiger partial charge in [0.05, 0.1) is 12.0 Å². The summed E-state index contributed by atoms with van der Waals surface area (Å²) in [7, 11) is 0. The summed E-state index contributed by atoms with van der Waals surface area (Å²) in [5.74, 6) is -2.58. The van der Waals surface area contributed by atoms with Gasteiger partial charge in [-0.3, -0.25) is 14.5 Å². The smallest absolute Gasteiger partial charge is 0.241 e. The van der Waals surface area contributed by atoms with Gasteiger partial charge in [0, 0.05) is 24.0 Å². The highest BCUT2D eigenvalue weighted by atomic mass is 19.2. The van der Waals surface area contributed by atoms with Gasteiger partial charge in [0.1, 0.15) is 0 Å². The summed E-state index contributed by atoms with van der Waals surface area (Å²) in [5.41, 5.74) is 0.944. The molecule has 2 N–H and O–H groups in total. The minimum Gasteiger partial charge on any atom is -0.326 e. The first-order valence-corrected chi connectivity index (χ1v) is 9.30. The molecule has 0 saturated carbocycles. The maximum atomic E-state index is 13.3. The van der Waals surface area contributed by atoms with Gasteiger partial charge in [-0.15, -0.1) is 0 Å². The number of halogens is 2. The van der Waals surface area contributed by atoms with E-state index < -0.39 is 17.7 Å². The largest absolute Gasteiger partial charge is 0.326 e. The summed E-state index contributed by atoms with van der Waals surface area (Å²) in [6.07, 6.45) is 1.56. The molecule has 7 heteroatoms. The zero-order chi connectivity index (χ0) is 20.1. The van der Waals surface area contributed by atoms with Gasteiger partial charge in [0.2, 0.25) is 11.8 Å². The Bertz CT molecular complexity index is 845. The molecule has 1 saturated heterocycles. The molecule has 0 aliphatic carbocycles. The van der Waals surface area contributed by atoms with E-state index in [1.165, 1.54) is 6.07 Å². The van der Waals surface area contributed by atoms with Gasteiger partial charge >= 0.3 is 0 Å². The van der Waals surface area contributed by atoms with E-state index in [9.17, 15) is 18.4 Å². The Kier molecular flexibility index (Phi) is 6.36. The van der Waals surface area contributed by atoms with Gasteiger partial charge in [-0.1, -0.05) is 18.2 Å². The molecule has 0 spiro atoms. The number of para-hydroxylation sites is 1. The number of benzene rings is 2. The van der Waals surface area contributed by atoms with Crippen molar-refractivity contribution in [2.75, 3.05) is 23.7 Å². The van der Waals surface area contributed by atoms with E-state index in [1.54, 1.807) is 6.92 Å². The van der Waals surface area contributed by atoms with Crippen LogP contribution in [0, 0.1) is 17.6 Å². The van der Waals surface area contributed by atoms with Crippen LogP contribution in [-0.4, -0.2) is 35.8 Å². The number of likely N-dealkylation sites (tertiary alicyclic amines) is 1. The molecular formula is C21H23F2N3O2. The van der Waals surface area contributed by atoms with Crippen molar-refractivity contribution in [2.45, 2.75) is 25.8 Å². The molecule has 2 aromatic carbocycles. The Morgan fingerprint density at radius 3 is 2.50 bits per heavy atom. The Labute approximate surface area is 162 Å². The number of anilines is 2. The average molecular weight is 387 g/mol. The fraction of sp³-hybridized carbons (Fsp3) is 0.333. The molecule has 0 aromatic heterocycles. The Hall–Kier alpha value is -2.80. The van der Waals surface area contributed by atoms with Gasteiger partial charge in [-0.25, -0.2) is 8.78 Å². The molecule has 5 nitrogen and oxygen atoms in total. The lowest BCUT2D eigenvalue weighted by atomic mass is 9.95. The lowest BCUT2D eigenvalue weighted by Crippen LogP contribution is -2.49. The van der Waals surface area contributed by atoms with E-state index in [2.05, 4.69) is 10.6 Å². The molecule has 2 aromatic rings. The van der Waals surface area contributed by atoms with Crippen LogP contribution in [-0.2, 0) is 9.59 Å². The molecule has 1 heterocycles. The number of nitrogens with one attached hydrogen (secondary N) is 2. The third-order valence-corrected chi connectivity index (χ3v) is 4.98. The second-order valence-electron chi connectivity index (χ2n) is 6.98. The minimum atomic E-state index is -1.01. The molecule has 1 aliphatic heterocycles. The van der Waals surface area contributed by atoms with Crippen LogP contribution in [0.5, 0.6) is 0 Å². The van der Waals surface area contributed by atoms with Crippen molar-refractivity contribution >= 4 is 23.2 Å². The summed E-state index contributed by atoms with van der Waals surface area (Å²) in [6.45, 7) is 2.90. The SMILES string of the molecule is C[C@@H](C(=O)Nc1ccc(F)c(F)c1)N1CCC[C@H](C(=O)Nc2ccccc2)C1. The Balaban J connectivity index is 1.58. The molecule has 3 rings (SSSR count). The van der Waals surface area contributed by atoms with Gasteiger partial charge in [0.15, 0.2) is 11.6 Å². The Morgan fingerprint density at radius 1 is 1.04 bits per heavy atom. The zero-order valence-electron chi connectivity index (χ0n) is 15.6. The van der Waals surface area contributed by atoms with E-state index >= 15 is 0 Å². The molecule has 2 amide bonds. The van der Waals surface area contributed by atoms with Crippen molar-refractivity contribution in [3.63, 3.8) is 0 Å². The fourth-order valence-electron chi connectivity index (χ4n) is 3.32. The normalized spacial score (nSPS) is 18.3. The fourth-order valence-corrected chi connectivity index (χ4v) is 3.32. The van der Waals surface area contributed by atoms with E-state index in [0.717, 1.165) is 30.7 Å². The predicted octanol–water partition coefficient (Wildman–Crippen LogP) is 3.64. The topological polar surface area (TPSA) is 61.4 Å². The van der Waals surface area contributed by atoms with Crippen molar-refractivity contribution in [3.8, 4) is 0 Å². The van der Waals surface area contributed by atoms with Crippen LogP contribution >= 0.6 is 0 Å². The van der Waals surface area contributed by atoms with E-state index in [0.29, 0.717) is 13.1 Å². The number of nitrogens with zero attached hydrogens (tertiary/aromatic N) is 1. The molecule has 1 aliphatic rings. The van der Waals surface area contributed by atoms with Gasteiger partial charge in [0.25, 0.3) is 0 Å². The minimum absolute atomic E-state index is 0.0656. The van der Waals surface area contributed by atoms with Gasteiger partial charge in [-0.05, 0) is 50.6 Å². The molecule has 148 valence electrons. The molecular weight excluding hydrogens is 364 g/mol. The third kappa shape index (κ3) is 4.92. The van der Waals surface area contributed by atoms with Crippen molar-refractivity contribution in [3.05, 3.63) is 60.2 Å². The Morgan fingerprint density at radius 2 is 1.79 bits per heavy atom. The maximum absolute atomic E-state index is 13.3. The number of carbonyl (C=O) groups is 2. The average Bonchev–Trinajstić information content (AvgIpc) is 2.71. The lowest BCUT2D eigenvalue weighted by molar-refractivity contribution is -0.125. The summed E-state index contributed by atoms with van der Waals surface area (Å²) < 4.78 is 26.3. The highest BCUT2D eigenvalue weighted by molar-refractivity contribution is 5.95. The number of hydrogen-bond donors (Lipinski definition) is 2. The van der Waals surface area contributed by atoms with Crippen LogP contribution in [0.2, 0.25) is 0 Å². The van der Waals surface area contributed by atoms with E-state index in [4.69, 9.17) is 0 Å². The summed E-state index contributed by atoms with van der Waals surface area (Å²) in [4.78, 5) is 27.0. The van der Waals surface area contributed by atoms with E-state index in [1.807, 2.05) is 35.2 Å². The predicted molar refractivity (Wildman–Crippen MR) is 104 cm³/mol. The number of piperidine rings is 1. The summed E-state index contributed by atoms with van der Waals surface area (Å²) >= 11 is 0. The second kappa shape index (κ2) is 8.93. The van der Waals surface area contributed by atoms with Crippen molar-refractivity contribution in [1.82, 2.24) is 4.90 Å². The monoisotopic (exact) mass is 387 g/mol. The third-order valence-electron chi connectivity index (χ3n) is 4.98. The van der Waals surface area contributed by atoms with Crippen LogP contribution in [0.1, 0.15) is 19.8 Å². The van der Waals surface area contributed by atoms with Crippen LogP contribution < -0.4 is 10.6 Å². The number of amides is 2. The van der Waals surface area contributed by atoms with Crippen LogP contribution in [0.4, 0.5) is 20.2 Å². The highest BCUT2D eigenvalue weighted by Crippen LogP contribution is 2.21. The molecule has 2 atom stereocenters. The van der Waals surface area contributed by atoms with Crippen molar-refractivity contribution in [2.24, 2.45) is 5.92 Å². The van der Waals surface area contributed by atoms with Gasteiger partial charge < -0.3 is 10.6 Å². The first kappa shape index (κ1) is 19.9.